The van der Waals surface area contributed by atoms with Crippen molar-refractivity contribution in [1.82, 2.24) is 9.97 Å². The van der Waals surface area contributed by atoms with Crippen LogP contribution in [0, 0.1) is 3.57 Å². The predicted octanol–water partition coefficient (Wildman–Crippen LogP) is 2.89. The topological polar surface area (TPSA) is 67.0 Å². The van der Waals surface area contributed by atoms with Crippen LogP contribution in [0.5, 0.6) is 5.75 Å². The van der Waals surface area contributed by atoms with Crippen LogP contribution in [-0.4, -0.2) is 17.1 Å². The molecule has 2 aromatic rings. The number of anilines is 2. The van der Waals surface area contributed by atoms with Crippen molar-refractivity contribution in [1.29, 1.82) is 0 Å². The fraction of sp³-hybridized carbons (Fsp3) is 0.0909. The maximum absolute atomic E-state index is 11.4. The molecule has 0 aliphatic carbocycles. The number of hydrogen-bond acceptors (Lipinski definition) is 4. The van der Waals surface area contributed by atoms with Gasteiger partial charge in [-0.1, -0.05) is 0 Å². The smallest absolute Gasteiger partial charge is 0.266 e. The number of halogens is 2. The Labute approximate surface area is 125 Å². The molecular formula is C11H9BrIN3O2. The summed E-state index contributed by atoms with van der Waals surface area (Å²) in [6.07, 6.45) is 1.36. The third kappa shape index (κ3) is 2.83. The molecule has 0 amide bonds. The van der Waals surface area contributed by atoms with Crippen molar-refractivity contribution in [2.75, 3.05) is 12.4 Å². The molecule has 2 rings (SSSR count). The molecule has 1 aromatic heterocycles. The number of hydrogen-bond donors (Lipinski definition) is 2. The van der Waals surface area contributed by atoms with Crippen LogP contribution in [0.15, 0.2) is 33.8 Å². The highest BCUT2D eigenvalue weighted by Crippen LogP contribution is 2.29. The lowest BCUT2D eigenvalue weighted by Crippen LogP contribution is -2.12. The zero-order valence-electron chi connectivity index (χ0n) is 9.33. The summed E-state index contributed by atoms with van der Waals surface area (Å²) in [7, 11) is 1.60. The summed E-state index contributed by atoms with van der Waals surface area (Å²) in [6, 6.07) is 5.55. The second-order valence-corrected chi connectivity index (χ2v) is 5.30. The van der Waals surface area contributed by atoms with Crippen LogP contribution in [0.2, 0.25) is 0 Å². The molecule has 0 unspecified atom stereocenters. The molecule has 7 heteroatoms. The summed E-state index contributed by atoms with van der Waals surface area (Å²) < 4.78 is 6.58. The van der Waals surface area contributed by atoms with E-state index in [4.69, 9.17) is 4.74 Å². The van der Waals surface area contributed by atoms with Gasteiger partial charge in [0.1, 0.15) is 9.32 Å². The molecule has 94 valence electrons. The molecule has 1 heterocycles. The van der Waals surface area contributed by atoms with Gasteiger partial charge in [-0.15, -0.1) is 0 Å². The minimum atomic E-state index is -0.169. The van der Waals surface area contributed by atoms with Crippen LogP contribution < -0.4 is 15.6 Å². The van der Waals surface area contributed by atoms with E-state index in [1.807, 2.05) is 40.8 Å². The normalized spacial score (nSPS) is 10.2. The van der Waals surface area contributed by atoms with Crippen LogP contribution in [0.1, 0.15) is 0 Å². The van der Waals surface area contributed by atoms with Gasteiger partial charge >= 0.3 is 0 Å². The number of nitrogens with zero attached hydrogens (tertiary/aromatic N) is 1. The summed E-state index contributed by atoms with van der Waals surface area (Å²) in [5, 5.41) is 3.08. The second kappa shape index (κ2) is 5.70. The van der Waals surface area contributed by atoms with Gasteiger partial charge in [-0.2, -0.15) is 0 Å². The fourth-order valence-corrected chi connectivity index (χ4v) is 2.18. The van der Waals surface area contributed by atoms with Crippen molar-refractivity contribution in [3.05, 3.63) is 42.9 Å². The van der Waals surface area contributed by atoms with Gasteiger partial charge in [0.15, 0.2) is 5.82 Å². The van der Waals surface area contributed by atoms with Crippen LogP contribution in [-0.2, 0) is 0 Å². The average Bonchev–Trinajstić information content (AvgIpc) is 2.37. The van der Waals surface area contributed by atoms with Gasteiger partial charge in [0.2, 0.25) is 0 Å². The van der Waals surface area contributed by atoms with Crippen LogP contribution >= 0.6 is 38.5 Å². The van der Waals surface area contributed by atoms with Crippen molar-refractivity contribution in [2.45, 2.75) is 0 Å². The first-order valence-electron chi connectivity index (χ1n) is 4.95. The lowest BCUT2D eigenvalue weighted by Gasteiger charge is -2.09. The van der Waals surface area contributed by atoms with E-state index in [0.29, 0.717) is 15.1 Å². The summed E-state index contributed by atoms with van der Waals surface area (Å²) >= 11 is 5.32. The number of nitrogens with one attached hydrogen (secondary N) is 2. The van der Waals surface area contributed by atoms with Gasteiger partial charge < -0.3 is 15.0 Å². The summed E-state index contributed by atoms with van der Waals surface area (Å²) in [6.45, 7) is 0. The molecule has 0 saturated heterocycles. The molecule has 5 nitrogen and oxygen atoms in total. The van der Waals surface area contributed by atoms with Crippen LogP contribution in [0.4, 0.5) is 11.5 Å². The second-order valence-electron chi connectivity index (χ2n) is 3.37. The summed E-state index contributed by atoms with van der Waals surface area (Å²) in [5.41, 5.74) is 0.628. The van der Waals surface area contributed by atoms with E-state index < -0.39 is 0 Å². The molecule has 1 aromatic carbocycles. The van der Waals surface area contributed by atoms with Crippen molar-refractivity contribution in [2.24, 2.45) is 0 Å². The molecule has 0 radical (unpaired) electrons. The number of benzene rings is 1. The molecular weight excluding hydrogens is 413 g/mol. The largest absolute Gasteiger partial charge is 0.495 e. The van der Waals surface area contributed by atoms with E-state index in [0.717, 1.165) is 10.2 Å². The average molecular weight is 422 g/mol. The van der Waals surface area contributed by atoms with E-state index in [9.17, 15) is 4.79 Å². The molecule has 0 atom stereocenters. The third-order valence-electron chi connectivity index (χ3n) is 2.21. The van der Waals surface area contributed by atoms with Gasteiger partial charge in [-0.3, -0.25) is 4.79 Å². The van der Waals surface area contributed by atoms with Crippen LogP contribution in [0.3, 0.4) is 0 Å². The Morgan fingerprint density at radius 2 is 2.28 bits per heavy atom. The molecule has 0 bridgehead atoms. The lowest BCUT2D eigenvalue weighted by molar-refractivity contribution is 0.412. The Balaban J connectivity index is 2.34. The highest BCUT2D eigenvalue weighted by molar-refractivity contribution is 14.1. The van der Waals surface area contributed by atoms with Crippen molar-refractivity contribution < 1.29 is 4.74 Å². The number of aromatic nitrogens is 2. The van der Waals surface area contributed by atoms with Crippen LogP contribution in [0.25, 0.3) is 0 Å². The quantitative estimate of drug-likeness (QED) is 0.748. The van der Waals surface area contributed by atoms with Gasteiger partial charge in [-0.05, 0) is 50.7 Å². The van der Waals surface area contributed by atoms with E-state index >= 15 is 0 Å². The molecule has 0 spiro atoms. The lowest BCUT2D eigenvalue weighted by atomic mass is 10.3. The first-order valence-corrected chi connectivity index (χ1v) is 6.82. The maximum Gasteiger partial charge on any atom is 0.266 e. The SMILES string of the molecule is COc1cc(Nc2nc[nH]c(=O)c2I)ccc1Br. The van der Waals surface area contributed by atoms with E-state index in [-0.39, 0.29) is 5.56 Å². The Hall–Kier alpha value is -1.09. The highest BCUT2D eigenvalue weighted by Gasteiger charge is 2.07. The van der Waals surface area contributed by atoms with E-state index in [1.54, 1.807) is 7.11 Å². The van der Waals surface area contributed by atoms with Crippen molar-refractivity contribution in [3.63, 3.8) is 0 Å². The molecule has 0 fully saturated rings. The molecule has 0 saturated carbocycles. The van der Waals surface area contributed by atoms with Crippen molar-refractivity contribution in [3.8, 4) is 5.75 Å². The fourth-order valence-electron chi connectivity index (χ4n) is 1.34. The molecule has 0 aliphatic rings. The van der Waals surface area contributed by atoms with Gasteiger partial charge in [0.05, 0.1) is 17.9 Å². The Kier molecular flexibility index (Phi) is 4.23. The molecule has 0 aliphatic heterocycles. The zero-order valence-corrected chi connectivity index (χ0v) is 13.1. The minimum absolute atomic E-state index is 0.169. The van der Waals surface area contributed by atoms with E-state index in [1.165, 1.54) is 6.33 Å². The first kappa shape index (κ1) is 13.3. The highest BCUT2D eigenvalue weighted by atomic mass is 127. The monoisotopic (exact) mass is 421 g/mol. The maximum atomic E-state index is 11.4. The number of ether oxygens (including phenoxy) is 1. The Bertz CT molecular complexity index is 630. The van der Waals surface area contributed by atoms with Gasteiger partial charge in [0, 0.05) is 11.8 Å². The van der Waals surface area contributed by atoms with E-state index in [2.05, 4.69) is 31.2 Å². The molecule has 18 heavy (non-hydrogen) atoms. The standard InChI is InChI=1S/C11H9BrIN3O2/c1-18-8-4-6(2-3-7(8)12)16-10-9(13)11(17)15-5-14-10/h2-5H,1H3,(H2,14,15,16,17). The number of aromatic amines is 1. The number of H-pyrrole nitrogens is 1. The number of rotatable bonds is 3. The predicted molar refractivity (Wildman–Crippen MR) is 81.6 cm³/mol. The first-order chi connectivity index (χ1) is 8.61. The Morgan fingerprint density at radius 1 is 1.50 bits per heavy atom. The van der Waals surface area contributed by atoms with Gasteiger partial charge in [-0.25, -0.2) is 4.98 Å². The summed E-state index contributed by atoms with van der Waals surface area (Å²) in [5.74, 6) is 1.23. The van der Waals surface area contributed by atoms with Crippen molar-refractivity contribution >= 4 is 50.0 Å². The minimum Gasteiger partial charge on any atom is -0.495 e. The third-order valence-corrected chi connectivity index (χ3v) is 3.87. The number of methoxy groups -OCH3 is 1. The summed E-state index contributed by atoms with van der Waals surface area (Å²) in [4.78, 5) is 18.0. The Morgan fingerprint density at radius 3 is 3.00 bits per heavy atom. The van der Waals surface area contributed by atoms with Gasteiger partial charge in [0.25, 0.3) is 5.56 Å². The zero-order chi connectivity index (χ0) is 13.1. The molecule has 2 N–H and O–H groups in total.